The number of aliphatic hydroxyl groups excluding tert-OH is 1. The molecule has 2 unspecified atom stereocenters. The highest BCUT2D eigenvalue weighted by atomic mass is 32.2. The number of nitro groups is 1. The summed E-state index contributed by atoms with van der Waals surface area (Å²) in [6, 6.07) is 4.28. The van der Waals surface area contributed by atoms with Crippen molar-refractivity contribution in [2.24, 2.45) is 5.92 Å². The summed E-state index contributed by atoms with van der Waals surface area (Å²) in [7, 11) is -2.01. The van der Waals surface area contributed by atoms with E-state index in [1.807, 2.05) is 0 Å². The monoisotopic (exact) mass is 328 g/mol. The van der Waals surface area contributed by atoms with Crippen LogP contribution in [0.3, 0.4) is 0 Å². The van der Waals surface area contributed by atoms with E-state index >= 15 is 0 Å². The Hall–Kier alpha value is -1.67. The number of aliphatic hydroxyl groups is 1. The van der Waals surface area contributed by atoms with Crippen molar-refractivity contribution in [3.63, 3.8) is 0 Å². The second kappa shape index (κ2) is 6.21. The quantitative estimate of drug-likeness (QED) is 0.651. The summed E-state index contributed by atoms with van der Waals surface area (Å²) >= 11 is 0. The van der Waals surface area contributed by atoms with Gasteiger partial charge >= 0.3 is 5.69 Å². The minimum atomic E-state index is -3.69. The molecule has 7 nitrogen and oxygen atoms in total. The zero-order chi connectivity index (χ0) is 16.5. The Morgan fingerprint density at radius 3 is 2.59 bits per heavy atom. The van der Waals surface area contributed by atoms with Gasteiger partial charge in [0.1, 0.15) is 10.6 Å². The SMILES string of the molecule is CN(CC1CCCC1O)c1cccc(S(C)(=O)=O)c1[N+](=O)[O-]. The molecule has 0 saturated heterocycles. The van der Waals surface area contributed by atoms with Crippen molar-refractivity contribution in [1.82, 2.24) is 0 Å². The van der Waals surface area contributed by atoms with Crippen molar-refractivity contribution in [2.75, 3.05) is 24.7 Å². The summed E-state index contributed by atoms with van der Waals surface area (Å²) in [6.07, 6.45) is 3.10. The first-order valence-electron chi connectivity index (χ1n) is 7.08. The highest BCUT2D eigenvalue weighted by Crippen LogP contribution is 2.35. The molecule has 2 rings (SSSR count). The molecule has 1 N–H and O–H groups in total. The molecule has 0 heterocycles. The maximum absolute atomic E-state index is 11.8. The van der Waals surface area contributed by atoms with Gasteiger partial charge in [-0.3, -0.25) is 10.1 Å². The number of hydrogen-bond donors (Lipinski definition) is 1. The summed E-state index contributed by atoms with van der Waals surface area (Å²) in [4.78, 5) is 12.1. The van der Waals surface area contributed by atoms with Gasteiger partial charge in [0.2, 0.25) is 0 Å². The molecule has 1 fully saturated rings. The normalized spacial score (nSPS) is 21.8. The predicted molar refractivity (Wildman–Crippen MR) is 82.8 cm³/mol. The van der Waals surface area contributed by atoms with E-state index in [9.17, 15) is 23.6 Å². The molecule has 0 radical (unpaired) electrons. The number of anilines is 1. The average molecular weight is 328 g/mol. The van der Waals surface area contributed by atoms with E-state index < -0.39 is 26.6 Å². The van der Waals surface area contributed by atoms with E-state index in [-0.39, 0.29) is 16.5 Å². The summed E-state index contributed by atoms with van der Waals surface area (Å²) in [6.45, 7) is 0.454. The van der Waals surface area contributed by atoms with Crippen LogP contribution in [0.15, 0.2) is 23.1 Å². The molecule has 2 atom stereocenters. The lowest BCUT2D eigenvalue weighted by atomic mass is 10.1. The molecule has 0 bridgehead atoms. The zero-order valence-corrected chi connectivity index (χ0v) is 13.4. The van der Waals surface area contributed by atoms with Crippen LogP contribution < -0.4 is 4.90 Å². The van der Waals surface area contributed by atoms with Crippen LogP contribution in [0.1, 0.15) is 19.3 Å². The first kappa shape index (κ1) is 16.7. The standard InChI is InChI=1S/C14H20N2O5S/c1-15(9-10-5-3-7-12(10)17)11-6-4-8-13(22(2,20)21)14(11)16(18)19/h4,6,8,10,12,17H,3,5,7,9H2,1-2H3. The zero-order valence-electron chi connectivity index (χ0n) is 12.6. The van der Waals surface area contributed by atoms with E-state index in [1.165, 1.54) is 18.2 Å². The molecule has 0 amide bonds. The van der Waals surface area contributed by atoms with Gasteiger partial charge in [-0.2, -0.15) is 0 Å². The van der Waals surface area contributed by atoms with Crippen LogP contribution in [-0.2, 0) is 9.84 Å². The van der Waals surface area contributed by atoms with Gasteiger partial charge in [-0.25, -0.2) is 8.42 Å². The lowest BCUT2D eigenvalue weighted by molar-refractivity contribution is -0.387. The lowest BCUT2D eigenvalue weighted by Crippen LogP contribution is -2.30. The van der Waals surface area contributed by atoms with Crippen molar-refractivity contribution < 1.29 is 18.4 Å². The van der Waals surface area contributed by atoms with Crippen LogP contribution in [0.4, 0.5) is 11.4 Å². The lowest BCUT2D eigenvalue weighted by Gasteiger charge is -2.25. The molecule has 0 aliphatic heterocycles. The highest BCUT2D eigenvalue weighted by Gasteiger charge is 2.31. The van der Waals surface area contributed by atoms with Crippen LogP contribution in [0.25, 0.3) is 0 Å². The fourth-order valence-corrected chi connectivity index (χ4v) is 3.84. The van der Waals surface area contributed by atoms with Crippen molar-refractivity contribution in [3.8, 4) is 0 Å². The molecular weight excluding hydrogens is 308 g/mol. The summed E-state index contributed by atoms with van der Waals surface area (Å²) in [5, 5.41) is 21.3. The molecule has 8 heteroatoms. The fourth-order valence-electron chi connectivity index (χ4n) is 2.98. The average Bonchev–Trinajstić information content (AvgIpc) is 2.82. The van der Waals surface area contributed by atoms with Gasteiger partial charge in [0.25, 0.3) is 0 Å². The summed E-state index contributed by atoms with van der Waals surface area (Å²) in [5.74, 6) is 0.0477. The van der Waals surface area contributed by atoms with Gasteiger partial charge in [-0.05, 0) is 25.0 Å². The molecular formula is C14H20N2O5S. The first-order valence-corrected chi connectivity index (χ1v) is 8.97. The Morgan fingerprint density at radius 1 is 1.41 bits per heavy atom. The molecule has 1 aromatic rings. The van der Waals surface area contributed by atoms with E-state index in [2.05, 4.69) is 0 Å². The number of nitro benzene ring substituents is 1. The number of rotatable bonds is 5. The Balaban J connectivity index is 2.40. The molecule has 1 aliphatic rings. The van der Waals surface area contributed by atoms with Crippen molar-refractivity contribution in [1.29, 1.82) is 0 Å². The fraction of sp³-hybridized carbons (Fsp3) is 0.571. The van der Waals surface area contributed by atoms with Crippen molar-refractivity contribution in [2.45, 2.75) is 30.3 Å². The predicted octanol–water partition coefficient (Wildman–Crippen LogP) is 1.60. The van der Waals surface area contributed by atoms with Crippen molar-refractivity contribution >= 4 is 21.2 Å². The van der Waals surface area contributed by atoms with Gasteiger partial charge in [0.05, 0.1) is 11.0 Å². The Morgan fingerprint density at radius 2 is 2.09 bits per heavy atom. The number of hydrogen-bond acceptors (Lipinski definition) is 6. The number of para-hydroxylation sites is 1. The van der Waals surface area contributed by atoms with E-state index in [4.69, 9.17) is 0 Å². The van der Waals surface area contributed by atoms with Gasteiger partial charge in [0.15, 0.2) is 9.84 Å². The summed E-state index contributed by atoms with van der Waals surface area (Å²) in [5.41, 5.74) is -0.146. The van der Waals surface area contributed by atoms with Gasteiger partial charge in [-0.1, -0.05) is 12.5 Å². The molecule has 1 aromatic carbocycles. The molecule has 0 spiro atoms. The third-order valence-electron chi connectivity index (χ3n) is 4.10. The van der Waals surface area contributed by atoms with Crippen LogP contribution in [0.5, 0.6) is 0 Å². The van der Waals surface area contributed by atoms with Crippen LogP contribution >= 0.6 is 0 Å². The first-order chi connectivity index (χ1) is 10.2. The third kappa shape index (κ3) is 3.38. The van der Waals surface area contributed by atoms with E-state index in [1.54, 1.807) is 11.9 Å². The van der Waals surface area contributed by atoms with Crippen LogP contribution in [0, 0.1) is 16.0 Å². The second-order valence-electron chi connectivity index (χ2n) is 5.79. The van der Waals surface area contributed by atoms with Crippen LogP contribution in [-0.4, -0.2) is 44.4 Å². The number of benzene rings is 1. The third-order valence-corrected chi connectivity index (χ3v) is 5.23. The van der Waals surface area contributed by atoms with Crippen molar-refractivity contribution in [3.05, 3.63) is 28.3 Å². The molecule has 122 valence electrons. The minimum Gasteiger partial charge on any atom is -0.393 e. The largest absolute Gasteiger partial charge is 0.393 e. The molecule has 22 heavy (non-hydrogen) atoms. The maximum atomic E-state index is 11.8. The Bertz CT molecular complexity index is 674. The smallest absolute Gasteiger partial charge is 0.311 e. The number of sulfone groups is 1. The van der Waals surface area contributed by atoms with Gasteiger partial charge < -0.3 is 10.0 Å². The molecule has 1 aliphatic carbocycles. The maximum Gasteiger partial charge on any atom is 0.311 e. The minimum absolute atomic E-state index is 0.0477. The highest BCUT2D eigenvalue weighted by molar-refractivity contribution is 7.90. The number of nitrogens with zero attached hydrogens (tertiary/aromatic N) is 2. The molecule has 1 saturated carbocycles. The van der Waals surface area contributed by atoms with Gasteiger partial charge in [0, 0.05) is 25.8 Å². The molecule has 0 aromatic heterocycles. The topological polar surface area (TPSA) is 101 Å². The summed E-state index contributed by atoms with van der Waals surface area (Å²) < 4.78 is 23.5. The Labute approximate surface area is 129 Å². The van der Waals surface area contributed by atoms with E-state index in [0.29, 0.717) is 6.54 Å². The van der Waals surface area contributed by atoms with E-state index in [0.717, 1.165) is 25.5 Å². The Kier molecular flexibility index (Phi) is 4.72. The van der Waals surface area contributed by atoms with Gasteiger partial charge in [-0.15, -0.1) is 0 Å². The van der Waals surface area contributed by atoms with Crippen LogP contribution in [0.2, 0.25) is 0 Å². The second-order valence-corrected chi connectivity index (χ2v) is 7.78.